The zero-order chi connectivity index (χ0) is 57.9. The minimum Gasteiger partial charge on any atom is -0.311 e. The predicted molar refractivity (Wildman–Crippen MR) is 359 cm³/mol. The first-order valence-electron chi connectivity index (χ1n) is 30.5. The molecule has 2 nitrogen and oxygen atoms in total. The lowest BCUT2D eigenvalue weighted by Gasteiger charge is -2.32. The number of rotatable bonds is 13. The number of aryl methyl sites for hydroxylation is 1. The summed E-state index contributed by atoms with van der Waals surface area (Å²) in [7, 11) is 0. The van der Waals surface area contributed by atoms with Gasteiger partial charge in [0.25, 0.3) is 0 Å². The largest absolute Gasteiger partial charge is 0.311 e. The average molecular weight is 1090 g/mol. The molecule has 2 heteroatoms. The van der Waals surface area contributed by atoms with Crippen molar-refractivity contribution in [3.63, 3.8) is 0 Å². The van der Waals surface area contributed by atoms with Gasteiger partial charge >= 0.3 is 0 Å². The minimum atomic E-state index is -0.454. The Labute approximate surface area is 499 Å². The van der Waals surface area contributed by atoms with Gasteiger partial charge in [0.2, 0.25) is 0 Å². The van der Waals surface area contributed by atoms with Crippen LogP contribution >= 0.6 is 0 Å². The van der Waals surface area contributed by atoms with Gasteiger partial charge < -0.3 is 9.80 Å². The highest BCUT2D eigenvalue weighted by Crippen LogP contribution is 2.63. The molecular formula is C82H76N2. The highest BCUT2D eigenvalue weighted by Gasteiger charge is 2.51. The van der Waals surface area contributed by atoms with Crippen molar-refractivity contribution in [3.8, 4) is 55.6 Å². The van der Waals surface area contributed by atoms with E-state index >= 15 is 0 Å². The first kappa shape index (κ1) is 54.3. The van der Waals surface area contributed by atoms with Crippen molar-refractivity contribution in [2.45, 2.75) is 104 Å². The summed E-state index contributed by atoms with van der Waals surface area (Å²) in [5.41, 5.74) is 29.5. The van der Waals surface area contributed by atoms with E-state index in [9.17, 15) is 0 Å². The van der Waals surface area contributed by atoms with Crippen LogP contribution in [0, 0.1) is 0 Å². The normalized spacial score (nSPS) is 13.2. The summed E-state index contributed by atoms with van der Waals surface area (Å²) in [6.07, 6.45) is 3.35. The third-order valence-electron chi connectivity index (χ3n) is 18.2. The Balaban J connectivity index is 0.895. The van der Waals surface area contributed by atoms with E-state index in [0.717, 1.165) is 53.4 Å². The molecule has 0 N–H and O–H groups in total. The second kappa shape index (κ2) is 21.6. The van der Waals surface area contributed by atoms with Crippen LogP contribution < -0.4 is 9.80 Å². The van der Waals surface area contributed by atoms with Crippen LogP contribution in [0.25, 0.3) is 55.6 Å². The molecule has 84 heavy (non-hydrogen) atoms. The fourth-order valence-corrected chi connectivity index (χ4v) is 13.6. The predicted octanol–water partition coefficient (Wildman–Crippen LogP) is 23.0. The van der Waals surface area contributed by atoms with E-state index < -0.39 is 5.41 Å². The summed E-state index contributed by atoms with van der Waals surface area (Å²) in [4.78, 5) is 4.86. The Bertz CT molecular complexity index is 4110. The third kappa shape index (κ3) is 9.56. The zero-order valence-corrected chi connectivity index (χ0v) is 50.3. The van der Waals surface area contributed by atoms with Crippen LogP contribution in [0.2, 0.25) is 0 Å². The van der Waals surface area contributed by atoms with Gasteiger partial charge in [0.15, 0.2) is 0 Å². The van der Waals surface area contributed by atoms with E-state index in [-0.39, 0.29) is 10.8 Å². The van der Waals surface area contributed by atoms with E-state index in [1.807, 2.05) is 0 Å². The van der Waals surface area contributed by atoms with Crippen molar-refractivity contribution in [1.29, 1.82) is 0 Å². The van der Waals surface area contributed by atoms with Gasteiger partial charge in [0.05, 0.1) is 5.41 Å². The zero-order valence-electron chi connectivity index (χ0n) is 50.3. The van der Waals surface area contributed by atoms with Crippen molar-refractivity contribution >= 4 is 34.1 Å². The number of anilines is 6. The molecule has 13 rings (SSSR count). The molecule has 1 unspecified atom stereocenters. The van der Waals surface area contributed by atoms with Gasteiger partial charge in [-0.1, -0.05) is 245 Å². The fourth-order valence-electron chi connectivity index (χ4n) is 13.6. The SMILES string of the molecule is CCCc1ccc(-c2ccc(N(c3ccc(-c4cc(-c5ccc(N(c6ccc(C(C)CC)cc6)c6ccc(C(C)(C)C)cc6)cc5)ccc4C(C)(C)C)cc3)c3ccc4c(c3)C3(c5ccccc5-c5ccccc53)c3ccccc3-4)cc2)cc1. The molecule has 1 spiro atoms. The van der Waals surface area contributed by atoms with E-state index in [0.29, 0.717) is 5.92 Å². The first-order valence-corrected chi connectivity index (χ1v) is 30.5. The molecule has 0 saturated carbocycles. The van der Waals surface area contributed by atoms with Gasteiger partial charge in [-0.3, -0.25) is 0 Å². The average Bonchev–Trinajstić information content (AvgIpc) is 2.16. The van der Waals surface area contributed by atoms with Gasteiger partial charge in [-0.05, 0) is 209 Å². The molecule has 2 aliphatic rings. The summed E-state index contributed by atoms with van der Waals surface area (Å²) in [5, 5.41) is 0. The molecule has 11 aromatic carbocycles. The maximum absolute atomic E-state index is 2.50. The molecule has 1 atom stereocenters. The summed E-state index contributed by atoms with van der Waals surface area (Å²) in [5.74, 6) is 0.515. The molecule has 0 saturated heterocycles. The van der Waals surface area contributed by atoms with Crippen LogP contribution in [0.1, 0.15) is 126 Å². The fraction of sp³-hybridized carbons (Fsp3) is 0.195. The standard InChI is InChI=1S/C82H76N2/c1-10-18-56-25-27-58(28-26-56)59-31-42-66(43-32-59)84(69-50-51-73-72-21-14-17-24-78(72)82(79(73)54-69)76-22-15-12-19-70(76)71-20-13-16-23-77(71)82)67-46-35-61(36-47-67)74-53-62(37-52-75(74)81(7,8)9)60-33-44-65(45-34-60)83(64-40-29-57(30-41-64)55(3)11-2)68-48-38-63(39-49-68)80(4,5)6/h12-17,19-55H,10-11,18H2,1-9H3. The number of hydrogen-bond donors (Lipinski definition) is 0. The summed E-state index contributed by atoms with van der Waals surface area (Å²) < 4.78 is 0. The van der Waals surface area contributed by atoms with Gasteiger partial charge in [-0.15, -0.1) is 0 Å². The quantitative estimate of drug-likeness (QED) is 0.114. The van der Waals surface area contributed by atoms with Crippen molar-refractivity contribution < 1.29 is 0 Å². The minimum absolute atomic E-state index is 0.0692. The number of nitrogens with zero attached hydrogens (tertiary/aromatic N) is 2. The Morgan fingerprint density at radius 1 is 0.345 bits per heavy atom. The molecule has 414 valence electrons. The molecule has 0 aromatic heterocycles. The summed E-state index contributed by atoms with van der Waals surface area (Å²) in [6.45, 7) is 20.6. The Kier molecular flexibility index (Phi) is 14.0. The Morgan fingerprint density at radius 3 is 1.20 bits per heavy atom. The Morgan fingerprint density at radius 2 is 0.738 bits per heavy atom. The van der Waals surface area contributed by atoms with E-state index in [2.05, 4.69) is 327 Å². The van der Waals surface area contributed by atoms with Crippen LogP contribution in [0.4, 0.5) is 34.1 Å². The van der Waals surface area contributed by atoms with Crippen molar-refractivity contribution in [1.82, 2.24) is 0 Å². The maximum Gasteiger partial charge on any atom is 0.0726 e. The van der Waals surface area contributed by atoms with E-state index in [4.69, 9.17) is 0 Å². The van der Waals surface area contributed by atoms with Gasteiger partial charge in [-0.25, -0.2) is 0 Å². The third-order valence-corrected chi connectivity index (χ3v) is 18.2. The molecule has 0 bridgehead atoms. The highest BCUT2D eigenvalue weighted by atomic mass is 15.1. The van der Waals surface area contributed by atoms with Crippen molar-refractivity contribution in [3.05, 3.63) is 299 Å². The topological polar surface area (TPSA) is 6.48 Å². The molecular weight excluding hydrogens is 1010 g/mol. The van der Waals surface area contributed by atoms with E-state index in [1.54, 1.807) is 0 Å². The summed E-state index contributed by atoms with van der Waals surface area (Å²) >= 11 is 0. The van der Waals surface area contributed by atoms with Crippen LogP contribution in [0.3, 0.4) is 0 Å². The Hall–Kier alpha value is -8.98. The molecule has 0 radical (unpaired) electrons. The van der Waals surface area contributed by atoms with Gasteiger partial charge in [0, 0.05) is 34.1 Å². The molecule has 2 aliphatic carbocycles. The maximum atomic E-state index is 2.50. The molecule has 0 fully saturated rings. The first-order chi connectivity index (χ1) is 40.7. The van der Waals surface area contributed by atoms with E-state index in [1.165, 1.54) is 100 Å². The van der Waals surface area contributed by atoms with Crippen LogP contribution in [0.5, 0.6) is 0 Å². The number of fused-ring (bicyclic) bond motifs is 10. The molecule has 0 aliphatic heterocycles. The van der Waals surface area contributed by atoms with Crippen molar-refractivity contribution in [2.24, 2.45) is 0 Å². The van der Waals surface area contributed by atoms with Crippen LogP contribution in [-0.4, -0.2) is 0 Å². The van der Waals surface area contributed by atoms with Gasteiger partial charge in [0.1, 0.15) is 0 Å². The van der Waals surface area contributed by atoms with Crippen LogP contribution in [0.15, 0.2) is 255 Å². The smallest absolute Gasteiger partial charge is 0.0726 e. The lowest BCUT2D eigenvalue weighted by molar-refractivity contribution is 0.590. The van der Waals surface area contributed by atoms with Gasteiger partial charge in [-0.2, -0.15) is 0 Å². The highest BCUT2D eigenvalue weighted by molar-refractivity contribution is 5.96. The lowest BCUT2D eigenvalue weighted by atomic mass is 9.70. The number of benzene rings is 11. The monoisotopic (exact) mass is 1090 g/mol. The molecule has 0 amide bonds. The van der Waals surface area contributed by atoms with Crippen LogP contribution in [-0.2, 0) is 22.7 Å². The molecule has 0 heterocycles. The molecule has 11 aromatic rings. The lowest BCUT2D eigenvalue weighted by Crippen LogP contribution is -2.26. The van der Waals surface area contributed by atoms with Crippen molar-refractivity contribution in [2.75, 3.05) is 9.80 Å². The second-order valence-corrected chi connectivity index (χ2v) is 25.6. The summed E-state index contributed by atoms with van der Waals surface area (Å²) in [6, 6.07) is 96.7. The number of hydrogen-bond acceptors (Lipinski definition) is 2. The second-order valence-electron chi connectivity index (χ2n) is 25.6.